The Balaban J connectivity index is 1.70. The van der Waals surface area contributed by atoms with Crippen molar-refractivity contribution in [1.82, 2.24) is 62.1 Å². The Morgan fingerprint density at radius 2 is 1.23 bits per heavy atom. The van der Waals surface area contributed by atoms with Crippen LogP contribution in [0.25, 0.3) is 0 Å². The van der Waals surface area contributed by atoms with Gasteiger partial charge >= 0.3 is 17.9 Å². The minimum absolute atomic E-state index is 0.0173. The van der Waals surface area contributed by atoms with Gasteiger partial charge in [0.25, 0.3) is 5.91 Å². The van der Waals surface area contributed by atoms with Gasteiger partial charge in [-0.1, -0.05) is 113 Å². The first-order chi connectivity index (χ1) is 60.2. The lowest BCUT2D eigenvalue weighted by Gasteiger charge is -2.36. The third-order valence-corrected chi connectivity index (χ3v) is 23.3. The van der Waals surface area contributed by atoms with Gasteiger partial charge in [-0.3, -0.25) is 86.8 Å². The van der Waals surface area contributed by atoms with Crippen molar-refractivity contribution in [3.8, 4) is 5.75 Å². The van der Waals surface area contributed by atoms with E-state index in [-0.39, 0.29) is 83.2 Å². The Morgan fingerprint density at radius 1 is 0.664 bits per heavy atom. The van der Waals surface area contributed by atoms with E-state index >= 15 is 24.0 Å². The number of aliphatic hydroxyl groups is 2. The average molecular weight is 1810 g/mol. The van der Waals surface area contributed by atoms with Crippen LogP contribution >= 0.6 is 0 Å². The Morgan fingerprint density at radius 3 is 1.77 bits per heavy atom. The molecule has 3 heterocycles. The number of imide groups is 1. The van der Waals surface area contributed by atoms with Gasteiger partial charge in [0.1, 0.15) is 66.2 Å². The molecule has 128 heavy (non-hydrogen) atoms. The van der Waals surface area contributed by atoms with Crippen LogP contribution in [0.3, 0.4) is 0 Å². The van der Waals surface area contributed by atoms with Crippen LogP contribution in [0.4, 0.5) is 0 Å². The molecular weight excluding hydrogens is 1670 g/mol. The summed E-state index contributed by atoms with van der Waals surface area (Å²) in [6, 6.07) is -10.1. The summed E-state index contributed by atoms with van der Waals surface area (Å²) in [6.45, 7) is 19.3. The number of likely N-dealkylation sites (tertiary alicyclic amines) is 1. The van der Waals surface area contributed by atoms with E-state index in [1.165, 1.54) is 47.0 Å². The highest BCUT2D eigenvalue weighted by Gasteiger charge is 2.48. The van der Waals surface area contributed by atoms with Crippen LogP contribution in [0.1, 0.15) is 236 Å². The predicted octanol–water partition coefficient (Wildman–Crippen LogP) is 0.241. The molecular formula is C88H141N15O25. The van der Waals surface area contributed by atoms with E-state index < -0.39 is 278 Å². The summed E-state index contributed by atoms with van der Waals surface area (Å²) < 4.78 is 23.1. The number of likely N-dealkylation sites (N-methyl/N-ethyl adjacent to an activating group) is 3. The van der Waals surface area contributed by atoms with Crippen molar-refractivity contribution in [3.05, 3.63) is 29.8 Å². The average Bonchev–Trinajstić information content (AvgIpc) is 1.53. The summed E-state index contributed by atoms with van der Waals surface area (Å²) in [5.41, 5.74) is 16.9. The molecule has 40 nitrogen and oxygen atoms in total. The third kappa shape index (κ3) is 34.7. The maximum atomic E-state index is 15.5. The first-order valence-corrected chi connectivity index (χ1v) is 44.6. The molecule has 3 fully saturated rings. The molecule has 4 rings (SSSR count). The molecule has 3 saturated heterocycles. The molecule has 718 valence electrons. The molecule has 0 bridgehead atoms. The molecule has 0 aliphatic carbocycles. The van der Waals surface area contributed by atoms with E-state index in [1.807, 2.05) is 13.8 Å². The number of hydrogen-bond acceptors (Lipinski definition) is 26. The van der Waals surface area contributed by atoms with Crippen molar-refractivity contribution >= 4 is 112 Å². The van der Waals surface area contributed by atoms with Crippen LogP contribution < -0.4 is 64.5 Å². The molecule has 3 aliphatic heterocycles. The number of carbonyl (C=O) groups excluding carboxylic acids is 19. The number of cyclic esters (lactones) is 2. The summed E-state index contributed by atoms with van der Waals surface area (Å²) in [5, 5.41) is 42.7. The molecule has 1 aromatic rings. The van der Waals surface area contributed by atoms with Crippen molar-refractivity contribution in [3.63, 3.8) is 0 Å². The van der Waals surface area contributed by atoms with E-state index in [4.69, 9.17) is 36.1 Å². The van der Waals surface area contributed by atoms with Crippen molar-refractivity contribution < 1.29 is 120 Å². The molecule has 18 atom stereocenters. The molecule has 15 amide bonds. The van der Waals surface area contributed by atoms with Crippen molar-refractivity contribution in [2.75, 3.05) is 41.3 Å². The number of fused-ring (bicyclic) bond motifs is 1. The minimum atomic E-state index is -1.95. The number of Topliss-reactive ketones (excluding diaryl/α,β-unsaturated/α-hetero) is 1. The second-order valence-corrected chi connectivity index (χ2v) is 35.0. The molecule has 0 aromatic heterocycles. The summed E-state index contributed by atoms with van der Waals surface area (Å²) in [5.74, 6) is -21.1. The third-order valence-electron chi connectivity index (χ3n) is 23.3. The lowest BCUT2D eigenvalue weighted by Crippen LogP contribution is -2.62. The highest BCUT2D eigenvalue weighted by molar-refractivity contribution is 6.05. The number of nitrogens with zero attached hydrogens (tertiary/aromatic N) is 4. The number of hydrogen-bond donors (Lipinski definition) is 13. The number of primary amides is 3. The number of benzene rings is 1. The lowest BCUT2D eigenvalue weighted by molar-refractivity contribution is -0.163. The SMILES string of the molecule is CCCCCCC[C@@H](O)CC(=O)NC(=O)CC[C@H](NC)C(=O)N[C@@H](CCC(N)=O)C(=O)N[C@@H](CCC(N)=O)C(=O)N[C@@H](CCC(N)=O)C(=O)O[C@@H](C)C(=O)N1CCC[C@H]1C(=O)N(C)[C@H](CC(C)C)C(=O)N[C@@H]1C(=O)N[C@H]([C@@H](C)CC)[C@@H](O)CC(=O)O[C@@H](C(C)C)C(=O)[C@H](C)C(=O)N[C@@H](CC(C)C)C(=O)N2CCC[C@H]2C(=O)N(C)[C@@H](Cc2ccc(OC)cc2)C(=O)O[C@@H]1C. The number of ketones is 1. The number of nitrogens with one attached hydrogen (secondary N) is 8. The highest BCUT2D eigenvalue weighted by atomic mass is 16.6. The summed E-state index contributed by atoms with van der Waals surface area (Å²) in [4.78, 5) is 272. The predicted molar refractivity (Wildman–Crippen MR) is 464 cm³/mol. The Labute approximate surface area is 749 Å². The Kier molecular flexibility index (Phi) is 46.1. The zero-order valence-corrected chi connectivity index (χ0v) is 77.1. The maximum absolute atomic E-state index is 15.5. The monoisotopic (exact) mass is 1810 g/mol. The number of ether oxygens (including phenoxy) is 4. The van der Waals surface area contributed by atoms with Gasteiger partial charge in [0, 0.05) is 59.3 Å². The van der Waals surface area contributed by atoms with Crippen LogP contribution in [0.2, 0.25) is 0 Å². The van der Waals surface area contributed by atoms with Crippen molar-refractivity contribution in [1.29, 1.82) is 0 Å². The Bertz CT molecular complexity index is 4000. The van der Waals surface area contributed by atoms with E-state index in [1.54, 1.807) is 65.8 Å². The number of carbonyl (C=O) groups is 19. The fraction of sp³-hybridized carbons (Fsp3) is 0.716. The maximum Gasteiger partial charge on any atom is 0.329 e. The molecule has 0 unspecified atom stereocenters. The van der Waals surface area contributed by atoms with Gasteiger partial charge in [0.15, 0.2) is 18.0 Å². The number of amides is 15. The number of unbranched alkanes of at least 4 members (excludes halogenated alkanes) is 4. The minimum Gasteiger partial charge on any atom is -0.497 e. The number of aliphatic hydroxyl groups excluding tert-OH is 2. The van der Waals surface area contributed by atoms with Gasteiger partial charge in [-0.2, -0.15) is 0 Å². The zero-order chi connectivity index (χ0) is 96.3. The second kappa shape index (κ2) is 53.9. The number of esters is 3. The molecule has 0 spiro atoms. The van der Waals surface area contributed by atoms with Crippen LogP contribution in [-0.4, -0.2) is 280 Å². The topological polar surface area (TPSA) is 589 Å². The van der Waals surface area contributed by atoms with Gasteiger partial charge in [0.05, 0.1) is 50.2 Å². The molecule has 1 aromatic carbocycles. The lowest BCUT2D eigenvalue weighted by atomic mass is 9.91. The van der Waals surface area contributed by atoms with Crippen LogP contribution in [0, 0.1) is 29.6 Å². The Hall–Kier alpha value is -10.8. The van der Waals surface area contributed by atoms with E-state index in [2.05, 4.69) is 49.5 Å². The number of nitrogens with two attached hydrogens (primary N) is 3. The zero-order valence-electron chi connectivity index (χ0n) is 77.1. The van der Waals surface area contributed by atoms with Gasteiger partial charge in [-0.05, 0) is 140 Å². The standard InChI is InChI=1S/C88H141N15O25/c1-17-19-20-21-22-25-55(104)45-71(110)97-70(109)39-35-57(92-13)78(114)93-58(32-36-67(89)106)79(115)94-59(33-37-68(90)107)80(116)95-60(34-38-69(91)108)87(123)127-53(12)83(119)102-40-23-26-62(102)85(121)100(14)64(43-48(5)6)81(117)99-74-52(11)126-88(124)65(44-54-28-30-56(125-16)31-29-54)101(15)86(122)63-27-24-41-103(63)84(120)61(42-47(3)4)96-77(113)51(10)75(112)76(49(7)8)128-72(111)46-66(105)73(50(9)18-2)98-82(74)118/h28-31,47-53,55,57-66,73-74,76,92,104-105H,17-27,32-46H2,1-16H3,(H2,89,106)(H2,90,107)(H2,91,108)(H,93,114)(H,94,115)(H,95,116)(H,96,113)(H,98,118)(H,99,117)(H,97,109,110)/t50-,51-,52+,53-,55+,57-,58-,59-,60-,61-,62-,63-,64+,65-,66-,73+,74-,76-/m0/s1. The smallest absolute Gasteiger partial charge is 0.329 e. The fourth-order valence-electron chi connectivity index (χ4n) is 15.5. The summed E-state index contributed by atoms with van der Waals surface area (Å²) >= 11 is 0. The van der Waals surface area contributed by atoms with E-state index in [0.29, 0.717) is 30.6 Å². The first kappa shape index (κ1) is 110. The quantitative estimate of drug-likeness (QED) is 0.0180. The van der Waals surface area contributed by atoms with Crippen molar-refractivity contribution in [2.24, 2.45) is 46.8 Å². The number of methoxy groups -OCH3 is 1. The molecule has 3 aliphatic rings. The molecule has 0 saturated carbocycles. The largest absolute Gasteiger partial charge is 0.497 e. The van der Waals surface area contributed by atoms with Gasteiger partial charge in [-0.25, -0.2) is 9.59 Å². The molecule has 0 radical (unpaired) electrons. The second-order valence-electron chi connectivity index (χ2n) is 35.0. The first-order valence-electron chi connectivity index (χ1n) is 44.6. The van der Waals surface area contributed by atoms with Gasteiger partial charge in [-0.15, -0.1) is 0 Å². The van der Waals surface area contributed by atoms with Crippen LogP contribution in [0.15, 0.2) is 24.3 Å². The normalized spacial score (nSPS) is 22.5. The van der Waals surface area contributed by atoms with Gasteiger partial charge in [0.2, 0.25) is 82.7 Å². The number of rotatable bonds is 44. The van der Waals surface area contributed by atoms with Gasteiger partial charge < -0.3 is 103 Å². The highest BCUT2D eigenvalue weighted by Crippen LogP contribution is 2.29. The van der Waals surface area contributed by atoms with Crippen molar-refractivity contribution in [2.45, 2.75) is 334 Å². The summed E-state index contributed by atoms with van der Waals surface area (Å²) in [7, 11) is 5.42. The molecule has 40 heteroatoms. The summed E-state index contributed by atoms with van der Waals surface area (Å²) in [6.07, 6.45) is -7.31. The van der Waals surface area contributed by atoms with Crippen LogP contribution in [-0.2, 0) is 112 Å². The van der Waals surface area contributed by atoms with Crippen LogP contribution in [0.5, 0.6) is 5.75 Å². The fourth-order valence-corrected chi connectivity index (χ4v) is 15.5. The van der Waals surface area contributed by atoms with E-state index in [9.17, 15) is 77.3 Å². The van der Waals surface area contributed by atoms with E-state index in [0.717, 1.165) is 47.3 Å². The molecule has 16 N–H and O–H groups in total.